The summed E-state index contributed by atoms with van der Waals surface area (Å²) >= 11 is 0. The Morgan fingerprint density at radius 3 is 2.83 bits per heavy atom. The molecule has 2 aromatic heterocycles. The van der Waals surface area contributed by atoms with Crippen LogP contribution in [-0.4, -0.2) is 38.9 Å². The van der Waals surface area contributed by atoms with Gasteiger partial charge in [0.1, 0.15) is 24.3 Å². The molecule has 10 heteroatoms. The fraction of sp³-hybridized carbons (Fsp3) is 0.350. The number of benzene rings is 1. The number of anilines is 2. The van der Waals surface area contributed by atoms with Gasteiger partial charge in [-0.25, -0.2) is 14.2 Å². The third-order valence-electron chi connectivity index (χ3n) is 4.80. The van der Waals surface area contributed by atoms with Gasteiger partial charge in [-0.1, -0.05) is 31.1 Å². The summed E-state index contributed by atoms with van der Waals surface area (Å²) in [7, 11) is 0. The molecular weight excluding hydrogens is 391 g/mol. The molecule has 0 radical (unpaired) electrons. The maximum atomic E-state index is 13.4. The topological polar surface area (TPSA) is 106 Å². The summed E-state index contributed by atoms with van der Waals surface area (Å²) in [5.41, 5.74) is 0.516. The summed E-state index contributed by atoms with van der Waals surface area (Å²) in [6.45, 7) is 6.17. The fourth-order valence-electron chi connectivity index (χ4n) is 3.15. The Labute approximate surface area is 172 Å². The van der Waals surface area contributed by atoms with E-state index in [1.807, 2.05) is 13.8 Å². The number of carbonyl (C=O) groups excluding carboxylic acids is 1. The number of amides is 1. The van der Waals surface area contributed by atoms with Gasteiger partial charge in [0.05, 0.1) is 6.04 Å². The number of hydrogen-bond donors (Lipinski definition) is 1. The van der Waals surface area contributed by atoms with E-state index in [2.05, 4.69) is 25.4 Å². The predicted octanol–water partition coefficient (Wildman–Crippen LogP) is 3.82. The smallest absolute Gasteiger partial charge is 0.415 e. The van der Waals surface area contributed by atoms with Crippen molar-refractivity contribution in [2.75, 3.05) is 16.8 Å². The lowest BCUT2D eigenvalue weighted by Gasteiger charge is -2.23. The number of ether oxygens (including phenoxy) is 1. The third-order valence-corrected chi connectivity index (χ3v) is 4.80. The molecular formula is C20H21FN6O3. The monoisotopic (exact) mass is 412 g/mol. The van der Waals surface area contributed by atoms with Gasteiger partial charge in [-0.15, -0.1) is 0 Å². The van der Waals surface area contributed by atoms with Gasteiger partial charge in [-0.2, -0.15) is 9.97 Å². The van der Waals surface area contributed by atoms with Crippen molar-refractivity contribution in [2.45, 2.75) is 32.9 Å². The molecule has 30 heavy (non-hydrogen) atoms. The summed E-state index contributed by atoms with van der Waals surface area (Å²) in [5, 5.41) is 6.99. The number of cyclic esters (lactones) is 1. The molecule has 2 atom stereocenters. The van der Waals surface area contributed by atoms with E-state index in [1.54, 1.807) is 31.3 Å². The summed E-state index contributed by atoms with van der Waals surface area (Å²) in [6, 6.07) is 7.10. The Bertz CT molecular complexity index is 1060. The van der Waals surface area contributed by atoms with Crippen LogP contribution in [0.3, 0.4) is 0 Å². The van der Waals surface area contributed by atoms with Gasteiger partial charge in [0, 0.05) is 11.8 Å². The van der Waals surface area contributed by atoms with Crippen LogP contribution in [0.5, 0.6) is 0 Å². The Balaban J connectivity index is 1.51. The van der Waals surface area contributed by atoms with Crippen molar-refractivity contribution in [3.8, 4) is 11.4 Å². The first-order valence-corrected chi connectivity index (χ1v) is 9.57. The average molecular weight is 412 g/mol. The Kier molecular flexibility index (Phi) is 5.30. The van der Waals surface area contributed by atoms with Crippen molar-refractivity contribution in [1.29, 1.82) is 0 Å². The van der Waals surface area contributed by atoms with Crippen LogP contribution in [0.4, 0.5) is 21.0 Å². The molecule has 3 heterocycles. The van der Waals surface area contributed by atoms with Gasteiger partial charge >= 0.3 is 6.09 Å². The quantitative estimate of drug-likeness (QED) is 0.651. The maximum Gasteiger partial charge on any atom is 0.415 e. The van der Waals surface area contributed by atoms with E-state index in [9.17, 15) is 9.18 Å². The zero-order chi connectivity index (χ0) is 21.3. The molecule has 1 aromatic carbocycles. The van der Waals surface area contributed by atoms with E-state index < -0.39 is 12.1 Å². The van der Waals surface area contributed by atoms with Crippen LogP contribution >= 0.6 is 0 Å². The largest absolute Gasteiger partial charge is 0.447 e. The van der Waals surface area contributed by atoms with Gasteiger partial charge < -0.3 is 14.6 Å². The molecule has 1 fully saturated rings. The molecule has 156 valence electrons. The lowest BCUT2D eigenvalue weighted by Crippen LogP contribution is -2.37. The molecule has 1 saturated heterocycles. The van der Waals surface area contributed by atoms with Gasteiger partial charge in [-0.05, 0) is 31.0 Å². The Hall–Kier alpha value is -3.56. The molecule has 0 bridgehead atoms. The molecule has 0 aliphatic carbocycles. The van der Waals surface area contributed by atoms with Gasteiger partial charge in [-0.3, -0.25) is 4.90 Å². The standard InChI is InChI=1S/C20H21FN6O3/c1-11(2)15-10-29-20(28)27(15)16-7-8-22-19(24-16)23-12(3)18-25-17(26-30-18)13-5-4-6-14(21)9-13/h4-9,11-12,15H,10H2,1-3H3,(H,22,23,24)/t12-,15+/m0/s1. The molecule has 1 N–H and O–H groups in total. The van der Waals surface area contributed by atoms with Crippen LogP contribution in [0.1, 0.15) is 32.7 Å². The third kappa shape index (κ3) is 3.93. The van der Waals surface area contributed by atoms with Crippen LogP contribution in [-0.2, 0) is 4.74 Å². The minimum atomic E-state index is -0.428. The van der Waals surface area contributed by atoms with Gasteiger partial charge in [0.25, 0.3) is 0 Å². The van der Waals surface area contributed by atoms with Crippen molar-refractivity contribution in [3.63, 3.8) is 0 Å². The normalized spacial score (nSPS) is 17.3. The van der Waals surface area contributed by atoms with Crippen molar-refractivity contribution in [2.24, 2.45) is 5.92 Å². The predicted molar refractivity (Wildman–Crippen MR) is 106 cm³/mol. The number of halogens is 1. The molecule has 1 aliphatic heterocycles. The van der Waals surface area contributed by atoms with Crippen molar-refractivity contribution < 1.29 is 18.4 Å². The van der Waals surface area contributed by atoms with Crippen molar-refractivity contribution >= 4 is 17.9 Å². The highest BCUT2D eigenvalue weighted by Gasteiger charge is 2.37. The average Bonchev–Trinajstić information content (AvgIpc) is 3.35. The Morgan fingerprint density at radius 2 is 2.07 bits per heavy atom. The van der Waals surface area contributed by atoms with E-state index in [-0.39, 0.29) is 23.6 Å². The van der Waals surface area contributed by atoms with Crippen LogP contribution in [0.2, 0.25) is 0 Å². The number of hydrogen-bond acceptors (Lipinski definition) is 8. The molecule has 1 amide bonds. The van der Waals surface area contributed by atoms with Crippen molar-refractivity contribution in [1.82, 2.24) is 20.1 Å². The molecule has 4 rings (SSSR count). The second-order valence-corrected chi connectivity index (χ2v) is 7.33. The summed E-state index contributed by atoms with van der Waals surface area (Å²) in [4.78, 5) is 26.7. The summed E-state index contributed by atoms with van der Waals surface area (Å²) < 4.78 is 23.9. The number of aromatic nitrogens is 4. The fourth-order valence-corrected chi connectivity index (χ4v) is 3.15. The number of carbonyl (C=O) groups is 1. The van der Waals surface area contributed by atoms with Crippen LogP contribution in [0, 0.1) is 11.7 Å². The first kappa shape index (κ1) is 19.7. The van der Waals surface area contributed by atoms with Gasteiger partial charge in [0.2, 0.25) is 17.7 Å². The second kappa shape index (κ2) is 8.05. The Morgan fingerprint density at radius 1 is 1.23 bits per heavy atom. The summed E-state index contributed by atoms with van der Waals surface area (Å²) in [6.07, 6.45) is 1.13. The van der Waals surface area contributed by atoms with E-state index >= 15 is 0 Å². The minimum Gasteiger partial charge on any atom is -0.447 e. The maximum absolute atomic E-state index is 13.4. The molecule has 0 saturated carbocycles. The van der Waals surface area contributed by atoms with E-state index in [0.717, 1.165) is 0 Å². The highest BCUT2D eigenvalue weighted by atomic mass is 19.1. The molecule has 0 unspecified atom stereocenters. The van der Waals surface area contributed by atoms with Crippen molar-refractivity contribution in [3.05, 3.63) is 48.2 Å². The lowest BCUT2D eigenvalue weighted by atomic mass is 10.0. The zero-order valence-electron chi connectivity index (χ0n) is 16.7. The van der Waals surface area contributed by atoms with E-state index in [4.69, 9.17) is 9.26 Å². The first-order chi connectivity index (χ1) is 14.4. The SMILES string of the molecule is CC(C)[C@H]1COC(=O)N1c1ccnc(N[C@@H](C)c2nc(-c3cccc(F)c3)no2)n1. The minimum absolute atomic E-state index is 0.0950. The highest BCUT2D eigenvalue weighted by molar-refractivity contribution is 5.89. The second-order valence-electron chi connectivity index (χ2n) is 7.33. The van der Waals surface area contributed by atoms with Crippen LogP contribution in [0.25, 0.3) is 11.4 Å². The van der Waals surface area contributed by atoms with E-state index in [0.29, 0.717) is 29.8 Å². The summed E-state index contributed by atoms with van der Waals surface area (Å²) in [5.74, 6) is 1.16. The highest BCUT2D eigenvalue weighted by Crippen LogP contribution is 2.27. The van der Waals surface area contributed by atoms with E-state index in [1.165, 1.54) is 17.0 Å². The number of nitrogens with zero attached hydrogens (tertiary/aromatic N) is 5. The molecule has 1 aliphatic rings. The lowest BCUT2D eigenvalue weighted by molar-refractivity contribution is 0.177. The van der Waals surface area contributed by atoms with Crippen LogP contribution < -0.4 is 10.2 Å². The van der Waals surface area contributed by atoms with Crippen LogP contribution in [0.15, 0.2) is 41.1 Å². The molecule has 9 nitrogen and oxygen atoms in total. The van der Waals surface area contributed by atoms with Gasteiger partial charge in [0.15, 0.2) is 0 Å². The zero-order valence-corrected chi connectivity index (χ0v) is 16.7. The first-order valence-electron chi connectivity index (χ1n) is 9.57. The molecule has 3 aromatic rings. The number of rotatable bonds is 6. The number of nitrogens with one attached hydrogen (secondary N) is 1. The molecule has 0 spiro atoms.